The van der Waals surface area contributed by atoms with Crippen LogP contribution in [0.1, 0.15) is 18.5 Å². The van der Waals surface area contributed by atoms with Crippen molar-refractivity contribution in [1.82, 2.24) is 4.98 Å². The summed E-state index contributed by atoms with van der Waals surface area (Å²) in [6, 6.07) is 6.01. The molecular formula is C11H14N. The van der Waals surface area contributed by atoms with E-state index in [4.69, 9.17) is 0 Å². The molecule has 0 unspecified atom stereocenters. The van der Waals surface area contributed by atoms with Gasteiger partial charge in [0, 0.05) is 11.9 Å². The Labute approximate surface area is 74.2 Å². The van der Waals surface area contributed by atoms with Crippen molar-refractivity contribution in [1.29, 1.82) is 0 Å². The lowest BCUT2D eigenvalue weighted by atomic mass is 10.2. The van der Waals surface area contributed by atoms with E-state index in [1.165, 1.54) is 0 Å². The lowest BCUT2D eigenvalue weighted by Crippen LogP contribution is -1.86. The van der Waals surface area contributed by atoms with Crippen molar-refractivity contribution < 1.29 is 0 Å². The van der Waals surface area contributed by atoms with E-state index >= 15 is 0 Å². The molecule has 12 heavy (non-hydrogen) atoms. The Morgan fingerprint density at radius 2 is 2.25 bits per heavy atom. The Morgan fingerprint density at radius 1 is 1.33 bits per heavy atom. The van der Waals surface area contributed by atoms with Gasteiger partial charge in [-0.3, -0.25) is 4.98 Å². The molecule has 0 aliphatic carbocycles. The van der Waals surface area contributed by atoms with Crippen molar-refractivity contribution in [2.75, 3.05) is 0 Å². The summed E-state index contributed by atoms with van der Waals surface area (Å²) in [6.45, 7) is 3.73. The van der Waals surface area contributed by atoms with E-state index in [0.29, 0.717) is 0 Å². The van der Waals surface area contributed by atoms with E-state index in [1.54, 1.807) is 0 Å². The van der Waals surface area contributed by atoms with E-state index in [0.717, 1.165) is 25.0 Å². The molecule has 0 bridgehead atoms. The molecular weight excluding hydrogens is 146 g/mol. The second-order valence-electron chi connectivity index (χ2n) is 2.62. The summed E-state index contributed by atoms with van der Waals surface area (Å²) in [5.41, 5.74) is 1.16. The molecule has 0 N–H and O–H groups in total. The molecule has 0 saturated carbocycles. The minimum Gasteiger partial charge on any atom is -0.261 e. The highest BCUT2D eigenvalue weighted by atomic mass is 14.7. The average Bonchev–Trinajstić information content (AvgIpc) is 2.14. The maximum Gasteiger partial charge on any atom is 0.0406 e. The number of hydrogen-bond donors (Lipinski definition) is 0. The first-order chi connectivity index (χ1) is 5.93. The minimum absolute atomic E-state index is 0.877. The second-order valence-corrected chi connectivity index (χ2v) is 2.62. The molecule has 1 aromatic heterocycles. The number of rotatable bonds is 4. The first-order valence-corrected chi connectivity index (χ1v) is 4.27. The van der Waals surface area contributed by atoms with Crippen LogP contribution in [-0.2, 0) is 6.42 Å². The summed E-state index contributed by atoms with van der Waals surface area (Å²) in [4.78, 5) is 4.23. The standard InChI is InChI=1S/C11H14N/c1-2-3-4-5-8-11-9-6-7-10-12-11/h3-4,6-7,9-10H,1-2,5,8H2. The Balaban J connectivity index is 2.29. The predicted octanol–water partition coefficient (Wildman–Crippen LogP) is 2.79. The third kappa shape index (κ3) is 3.33. The van der Waals surface area contributed by atoms with E-state index in [9.17, 15) is 0 Å². The number of aryl methyl sites for hydroxylation is 1. The van der Waals surface area contributed by atoms with Crippen LogP contribution < -0.4 is 0 Å². The number of nitrogens with zero attached hydrogens (tertiary/aromatic N) is 1. The Kier molecular flexibility index (Phi) is 4.14. The van der Waals surface area contributed by atoms with Crippen LogP contribution in [-0.4, -0.2) is 4.98 Å². The second kappa shape index (κ2) is 5.53. The van der Waals surface area contributed by atoms with Gasteiger partial charge < -0.3 is 0 Å². The van der Waals surface area contributed by atoms with Crippen molar-refractivity contribution in [2.24, 2.45) is 0 Å². The highest BCUT2D eigenvalue weighted by molar-refractivity contribution is 5.04. The van der Waals surface area contributed by atoms with Crippen LogP contribution in [0.3, 0.4) is 0 Å². The molecule has 0 aliphatic rings. The fourth-order valence-electron chi connectivity index (χ4n) is 1.01. The number of aromatic nitrogens is 1. The highest BCUT2D eigenvalue weighted by Gasteiger charge is 1.88. The molecule has 0 fully saturated rings. The first kappa shape index (κ1) is 8.98. The van der Waals surface area contributed by atoms with Gasteiger partial charge in [-0.05, 0) is 38.3 Å². The van der Waals surface area contributed by atoms with Gasteiger partial charge in [0.15, 0.2) is 0 Å². The van der Waals surface area contributed by atoms with Crippen molar-refractivity contribution in [3.8, 4) is 0 Å². The molecule has 63 valence electrons. The van der Waals surface area contributed by atoms with Crippen molar-refractivity contribution in [3.05, 3.63) is 49.2 Å². The van der Waals surface area contributed by atoms with Gasteiger partial charge in [-0.1, -0.05) is 18.2 Å². The monoisotopic (exact) mass is 160 g/mol. The lowest BCUT2D eigenvalue weighted by molar-refractivity contribution is 0.940. The summed E-state index contributed by atoms with van der Waals surface area (Å²) in [5.74, 6) is 0. The van der Waals surface area contributed by atoms with Gasteiger partial charge in [0.2, 0.25) is 0 Å². The molecule has 1 rings (SSSR count). The summed E-state index contributed by atoms with van der Waals surface area (Å²) < 4.78 is 0. The number of pyridine rings is 1. The Bertz CT molecular complexity index is 226. The SMILES string of the molecule is [CH2]CC=CCCc1ccccn1. The van der Waals surface area contributed by atoms with Crippen LogP contribution in [0.4, 0.5) is 0 Å². The zero-order chi connectivity index (χ0) is 8.65. The fourth-order valence-corrected chi connectivity index (χ4v) is 1.01. The van der Waals surface area contributed by atoms with Crippen LogP contribution in [0.15, 0.2) is 36.5 Å². The fraction of sp³-hybridized carbons (Fsp3) is 0.273. The smallest absolute Gasteiger partial charge is 0.0406 e. The molecule has 1 nitrogen and oxygen atoms in total. The van der Waals surface area contributed by atoms with Gasteiger partial charge >= 0.3 is 0 Å². The van der Waals surface area contributed by atoms with Gasteiger partial charge in [-0.2, -0.15) is 0 Å². The van der Waals surface area contributed by atoms with Crippen molar-refractivity contribution >= 4 is 0 Å². The predicted molar refractivity (Wildman–Crippen MR) is 51.7 cm³/mol. The molecule has 1 heterocycles. The maximum absolute atomic E-state index is 4.23. The van der Waals surface area contributed by atoms with E-state index < -0.39 is 0 Å². The molecule has 0 saturated heterocycles. The molecule has 0 atom stereocenters. The maximum atomic E-state index is 4.23. The summed E-state index contributed by atoms with van der Waals surface area (Å²) in [6.07, 6.45) is 9.04. The largest absolute Gasteiger partial charge is 0.261 e. The summed E-state index contributed by atoms with van der Waals surface area (Å²) in [7, 11) is 0. The van der Waals surface area contributed by atoms with E-state index in [1.807, 2.05) is 18.3 Å². The summed E-state index contributed by atoms with van der Waals surface area (Å²) >= 11 is 0. The van der Waals surface area contributed by atoms with E-state index in [-0.39, 0.29) is 0 Å². The molecule has 0 aromatic carbocycles. The zero-order valence-electron chi connectivity index (χ0n) is 7.24. The molecule has 1 aromatic rings. The topological polar surface area (TPSA) is 12.9 Å². The third-order valence-corrected chi connectivity index (χ3v) is 1.63. The molecule has 1 heteroatoms. The van der Waals surface area contributed by atoms with Crippen molar-refractivity contribution in [2.45, 2.75) is 19.3 Å². The van der Waals surface area contributed by atoms with Crippen LogP contribution in [0.2, 0.25) is 0 Å². The Hall–Kier alpha value is -1.11. The molecule has 1 radical (unpaired) electrons. The quantitative estimate of drug-likeness (QED) is 0.617. The highest BCUT2D eigenvalue weighted by Crippen LogP contribution is 1.98. The number of allylic oxidation sites excluding steroid dienone is 2. The van der Waals surface area contributed by atoms with Gasteiger partial charge in [-0.15, -0.1) is 0 Å². The van der Waals surface area contributed by atoms with Gasteiger partial charge in [0.05, 0.1) is 0 Å². The third-order valence-electron chi connectivity index (χ3n) is 1.63. The minimum atomic E-state index is 0.877. The number of hydrogen-bond acceptors (Lipinski definition) is 1. The molecule has 0 amide bonds. The first-order valence-electron chi connectivity index (χ1n) is 4.27. The van der Waals surface area contributed by atoms with Crippen LogP contribution in [0, 0.1) is 6.92 Å². The van der Waals surface area contributed by atoms with Crippen LogP contribution in [0.25, 0.3) is 0 Å². The van der Waals surface area contributed by atoms with E-state index in [2.05, 4.69) is 30.1 Å². The van der Waals surface area contributed by atoms with Gasteiger partial charge in [-0.25, -0.2) is 0 Å². The van der Waals surface area contributed by atoms with Gasteiger partial charge in [0.25, 0.3) is 0 Å². The molecule has 0 spiro atoms. The summed E-state index contributed by atoms with van der Waals surface area (Å²) in [5, 5.41) is 0. The average molecular weight is 160 g/mol. The lowest BCUT2D eigenvalue weighted by Gasteiger charge is -1.94. The van der Waals surface area contributed by atoms with Crippen molar-refractivity contribution in [3.63, 3.8) is 0 Å². The zero-order valence-corrected chi connectivity index (χ0v) is 7.24. The molecule has 0 aliphatic heterocycles. The van der Waals surface area contributed by atoms with Crippen LogP contribution in [0.5, 0.6) is 0 Å². The normalized spacial score (nSPS) is 10.8. The van der Waals surface area contributed by atoms with Crippen LogP contribution >= 0.6 is 0 Å². The Morgan fingerprint density at radius 3 is 2.92 bits per heavy atom. The van der Waals surface area contributed by atoms with Gasteiger partial charge in [0.1, 0.15) is 0 Å².